The van der Waals surface area contributed by atoms with Gasteiger partial charge in [-0.1, -0.05) is 29.5 Å². The number of hydrazine groups is 1. The zero-order valence-electron chi connectivity index (χ0n) is 16.4. The fourth-order valence-electron chi connectivity index (χ4n) is 3.90. The number of carbonyl (C=O) groups is 2. The van der Waals surface area contributed by atoms with Gasteiger partial charge in [-0.15, -0.1) is 10.2 Å². The number of hydrogen-bond acceptors (Lipinski definition) is 8. The predicted octanol–water partition coefficient (Wildman–Crippen LogP) is 0.899. The number of nitrogens with zero attached hydrogens (tertiary/aromatic N) is 4. The van der Waals surface area contributed by atoms with Crippen LogP contribution < -0.4 is 15.8 Å². The van der Waals surface area contributed by atoms with E-state index in [0.29, 0.717) is 31.4 Å². The second-order valence-electron chi connectivity index (χ2n) is 7.24. The van der Waals surface area contributed by atoms with E-state index in [4.69, 9.17) is 4.74 Å². The third-order valence-corrected chi connectivity index (χ3v) is 6.07. The predicted molar refractivity (Wildman–Crippen MR) is 109 cm³/mol. The highest BCUT2D eigenvalue weighted by Gasteiger charge is 2.50. The summed E-state index contributed by atoms with van der Waals surface area (Å²) in [6.07, 6.45) is 0. The summed E-state index contributed by atoms with van der Waals surface area (Å²) >= 11 is 1.33. The van der Waals surface area contributed by atoms with Gasteiger partial charge in [-0.3, -0.25) is 14.5 Å². The molecule has 2 aromatic rings. The summed E-state index contributed by atoms with van der Waals surface area (Å²) in [7, 11) is 1.65. The van der Waals surface area contributed by atoms with Crippen molar-refractivity contribution in [1.29, 1.82) is 0 Å². The lowest BCUT2D eigenvalue weighted by atomic mass is 9.84. The van der Waals surface area contributed by atoms with E-state index in [2.05, 4.69) is 25.8 Å². The molecule has 0 aliphatic carbocycles. The van der Waals surface area contributed by atoms with Crippen LogP contribution in [-0.2, 0) is 14.3 Å². The summed E-state index contributed by atoms with van der Waals surface area (Å²) in [5, 5.41) is 13.6. The Morgan fingerprint density at radius 1 is 1.31 bits per heavy atom. The Balaban J connectivity index is 1.56. The van der Waals surface area contributed by atoms with E-state index in [0.717, 1.165) is 10.7 Å². The second kappa shape index (κ2) is 8.54. The fourth-order valence-corrected chi connectivity index (χ4v) is 4.50. The van der Waals surface area contributed by atoms with Gasteiger partial charge in [0.25, 0.3) is 0 Å². The number of anilines is 2. The zero-order chi connectivity index (χ0) is 20.4. The molecule has 10 heteroatoms. The maximum Gasteiger partial charge on any atom is 0.247 e. The van der Waals surface area contributed by atoms with Crippen molar-refractivity contribution >= 4 is 34.0 Å². The van der Waals surface area contributed by atoms with Crippen LogP contribution >= 0.6 is 11.3 Å². The molecule has 1 aromatic carbocycles. The Labute approximate surface area is 173 Å². The quantitative estimate of drug-likeness (QED) is 0.722. The first-order valence-electron chi connectivity index (χ1n) is 9.54. The van der Waals surface area contributed by atoms with E-state index in [1.807, 2.05) is 37.3 Å². The molecule has 2 fully saturated rings. The standard InChI is InChI=1S/C19H24N6O3S/c1-12-21-22-19(29-12)20-17(26)14-10-24(8-9-28-2)11-15-16(14)23-25(18(15)27)13-6-4-3-5-7-13/h3-7,14-16,23H,8-11H2,1-2H3,(H,20,22,26). The molecule has 4 rings (SSSR count). The van der Waals surface area contributed by atoms with Crippen LogP contribution in [0, 0.1) is 18.8 Å². The maximum absolute atomic E-state index is 13.1. The number of rotatable bonds is 6. The fraction of sp³-hybridized carbons (Fsp3) is 0.474. The molecule has 0 spiro atoms. The highest BCUT2D eigenvalue weighted by Crippen LogP contribution is 2.32. The van der Waals surface area contributed by atoms with Crippen LogP contribution in [0.5, 0.6) is 0 Å². The van der Waals surface area contributed by atoms with Gasteiger partial charge in [0.05, 0.1) is 30.2 Å². The molecule has 2 amide bonds. The summed E-state index contributed by atoms with van der Waals surface area (Å²) in [5.41, 5.74) is 4.06. The number of methoxy groups -OCH3 is 1. The minimum Gasteiger partial charge on any atom is -0.383 e. The van der Waals surface area contributed by atoms with Gasteiger partial charge >= 0.3 is 0 Å². The first-order valence-corrected chi connectivity index (χ1v) is 10.4. The van der Waals surface area contributed by atoms with Gasteiger partial charge in [0.15, 0.2) is 0 Å². The van der Waals surface area contributed by atoms with E-state index >= 15 is 0 Å². The summed E-state index contributed by atoms with van der Waals surface area (Å²) in [5.74, 6) is -0.901. The van der Waals surface area contributed by atoms with Crippen LogP contribution in [0.3, 0.4) is 0 Å². The number of hydrogen-bond donors (Lipinski definition) is 2. The summed E-state index contributed by atoms with van der Waals surface area (Å²) < 4.78 is 5.20. The number of fused-ring (bicyclic) bond motifs is 1. The van der Waals surface area contributed by atoms with Crippen molar-refractivity contribution in [3.8, 4) is 0 Å². The van der Waals surface area contributed by atoms with Gasteiger partial charge in [-0.25, -0.2) is 10.4 Å². The van der Waals surface area contributed by atoms with Crippen LogP contribution in [0.15, 0.2) is 30.3 Å². The Kier molecular flexibility index (Phi) is 5.86. The van der Waals surface area contributed by atoms with E-state index in [-0.39, 0.29) is 23.8 Å². The van der Waals surface area contributed by atoms with Gasteiger partial charge in [-0.05, 0) is 19.1 Å². The Morgan fingerprint density at radius 3 is 2.79 bits per heavy atom. The molecule has 3 atom stereocenters. The Hall–Kier alpha value is -2.40. The number of carbonyl (C=O) groups excluding carboxylic acids is 2. The lowest BCUT2D eigenvalue weighted by Gasteiger charge is -2.38. The second-order valence-corrected chi connectivity index (χ2v) is 8.43. The molecule has 2 aliphatic rings. The highest BCUT2D eigenvalue weighted by molar-refractivity contribution is 7.15. The minimum absolute atomic E-state index is 0.0205. The molecule has 3 unspecified atom stereocenters. The molecule has 0 radical (unpaired) electrons. The number of aryl methyl sites for hydroxylation is 1. The minimum atomic E-state index is -0.410. The molecule has 1 aromatic heterocycles. The number of benzene rings is 1. The highest BCUT2D eigenvalue weighted by atomic mass is 32.1. The van der Waals surface area contributed by atoms with Gasteiger partial charge in [0.1, 0.15) is 5.01 Å². The van der Waals surface area contributed by atoms with Crippen molar-refractivity contribution in [2.75, 3.05) is 43.7 Å². The molecule has 2 N–H and O–H groups in total. The van der Waals surface area contributed by atoms with Crippen molar-refractivity contribution in [3.63, 3.8) is 0 Å². The first kappa shape index (κ1) is 19.9. The third kappa shape index (κ3) is 4.15. The van der Waals surface area contributed by atoms with E-state index in [1.165, 1.54) is 11.3 Å². The van der Waals surface area contributed by atoms with Crippen LogP contribution in [0.1, 0.15) is 5.01 Å². The normalized spacial score (nSPS) is 24.6. The zero-order valence-corrected chi connectivity index (χ0v) is 17.2. The van der Waals surface area contributed by atoms with Gasteiger partial charge in [0.2, 0.25) is 16.9 Å². The molecule has 9 nitrogen and oxygen atoms in total. The van der Waals surface area contributed by atoms with E-state index in [1.54, 1.807) is 12.1 Å². The molecule has 0 saturated carbocycles. The molecular formula is C19H24N6O3S. The van der Waals surface area contributed by atoms with E-state index in [9.17, 15) is 9.59 Å². The lowest BCUT2D eigenvalue weighted by Crippen LogP contribution is -2.56. The van der Waals surface area contributed by atoms with Gasteiger partial charge < -0.3 is 10.1 Å². The Bertz CT molecular complexity index is 876. The Morgan fingerprint density at radius 2 is 2.10 bits per heavy atom. The van der Waals surface area contributed by atoms with Crippen LogP contribution in [0.4, 0.5) is 10.8 Å². The monoisotopic (exact) mass is 416 g/mol. The molecule has 2 saturated heterocycles. The molecular weight excluding hydrogens is 392 g/mol. The number of ether oxygens (including phenoxy) is 1. The van der Waals surface area contributed by atoms with E-state index < -0.39 is 5.92 Å². The van der Waals surface area contributed by atoms with Crippen molar-refractivity contribution in [2.24, 2.45) is 11.8 Å². The van der Waals surface area contributed by atoms with Crippen molar-refractivity contribution in [2.45, 2.75) is 13.0 Å². The number of para-hydroxylation sites is 1. The lowest BCUT2D eigenvalue weighted by molar-refractivity contribution is -0.126. The molecule has 2 aliphatic heterocycles. The molecule has 3 heterocycles. The number of likely N-dealkylation sites (tertiary alicyclic amines) is 1. The SMILES string of the molecule is COCCN1CC(C(=O)Nc2nnc(C)s2)C2NN(c3ccccc3)C(=O)C2C1. The summed E-state index contributed by atoms with van der Waals surface area (Å²) in [6.45, 7) is 4.18. The van der Waals surface area contributed by atoms with Crippen LogP contribution in [0.2, 0.25) is 0 Å². The smallest absolute Gasteiger partial charge is 0.247 e. The number of aromatic nitrogens is 2. The largest absolute Gasteiger partial charge is 0.383 e. The first-order chi connectivity index (χ1) is 14.1. The van der Waals surface area contributed by atoms with Crippen molar-refractivity contribution in [3.05, 3.63) is 35.3 Å². The maximum atomic E-state index is 13.1. The summed E-state index contributed by atoms with van der Waals surface area (Å²) in [6, 6.07) is 9.16. The number of nitrogens with one attached hydrogen (secondary N) is 2. The molecule has 0 bridgehead atoms. The van der Waals surface area contributed by atoms with Crippen molar-refractivity contribution < 1.29 is 14.3 Å². The number of amides is 2. The van der Waals surface area contributed by atoms with Crippen molar-refractivity contribution in [1.82, 2.24) is 20.5 Å². The van der Waals surface area contributed by atoms with Crippen LogP contribution in [0.25, 0.3) is 0 Å². The topological polar surface area (TPSA) is 99.7 Å². The molecule has 154 valence electrons. The summed E-state index contributed by atoms with van der Waals surface area (Å²) in [4.78, 5) is 28.4. The average molecular weight is 417 g/mol. The van der Waals surface area contributed by atoms with Gasteiger partial charge in [-0.2, -0.15) is 0 Å². The third-order valence-electron chi connectivity index (χ3n) is 5.31. The average Bonchev–Trinajstić information content (AvgIpc) is 3.29. The number of piperidine rings is 1. The van der Waals surface area contributed by atoms with Crippen LogP contribution in [-0.4, -0.2) is 66.3 Å². The molecule has 29 heavy (non-hydrogen) atoms. The van der Waals surface area contributed by atoms with Gasteiger partial charge in [0, 0.05) is 26.7 Å².